The predicted molar refractivity (Wildman–Crippen MR) is 70.1 cm³/mol. The highest BCUT2D eigenvalue weighted by molar-refractivity contribution is 5.95. The zero-order chi connectivity index (χ0) is 13.3. The number of carbonyl (C=O) groups excluding carboxylic acids is 1. The van der Waals surface area contributed by atoms with Crippen LogP contribution in [0.2, 0.25) is 0 Å². The Labute approximate surface area is 108 Å². The second-order valence-electron chi connectivity index (χ2n) is 5.32. The van der Waals surface area contributed by atoms with E-state index in [1.807, 2.05) is 25.7 Å². The van der Waals surface area contributed by atoms with Crippen molar-refractivity contribution >= 4 is 5.91 Å². The van der Waals surface area contributed by atoms with Crippen LogP contribution < -0.4 is 0 Å². The van der Waals surface area contributed by atoms with Gasteiger partial charge in [-0.15, -0.1) is 0 Å². The quantitative estimate of drug-likeness (QED) is 0.745. The van der Waals surface area contributed by atoms with Crippen LogP contribution in [0.5, 0.6) is 0 Å². The average molecular weight is 249 g/mol. The van der Waals surface area contributed by atoms with Gasteiger partial charge in [-0.05, 0) is 57.7 Å². The zero-order valence-electron chi connectivity index (χ0n) is 11.2. The Bertz CT molecular complexity index is 448. The molecule has 1 aliphatic heterocycles. The van der Waals surface area contributed by atoms with Gasteiger partial charge in [0, 0.05) is 12.1 Å². The Morgan fingerprint density at radius 2 is 1.89 bits per heavy atom. The van der Waals surface area contributed by atoms with Crippen molar-refractivity contribution in [3.63, 3.8) is 0 Å². The van der Waals surface area contributed by atoms with E-state index in [0.717, 1.165) is 24.8 Å². The first-order chi connectivity index (χ1) is 8.50. The summed E-state index contributed by atoms with van der Waals surface area (Å²) in [6, 6.07) is 5.20. The van der Waals surface area contributed by atoms with Crippen LogP contribution in [0.25, 0.3) is 0 Å². The van der Waals surface area contributed by atoms with E-state index in [4.69, 9.17) is 0 Å². The molecule has 2 atom stereocenters. The molecule has 0 N–H and O–H groups in total. The van der Waals surface area contributed by atoms with Gasteiger partial charge in [0.1, 0.15) is 5.82 Å². The number of amides is 1. The van der Waals surface area contributed by atoms with Crippen molar-refractivity contribution < 1.29 is 9.18 Å². The Balaban J connectivity index is 2.29. The van der Waals surface area contributed by atoms with Crippen molar-refractivity contribution in [1.29, 1.82) is 0 Å². The number of piperidine rings is 1. The molecular weight excluding hydrogens is 229 g/mol. The fraction of sp³-hybridized carbons (Fsp3) is 0.533. The maximum absolute atomic E-state index is 13.9. The van der Waals surface area contributed by atoms with Gasteiger partial charge in [0.2, 0.25) is 0 Å². The molecule has 18 heavy (non-hydrogen) atoms. The van der Waals surface area contributed by atoms with E-state index in [2.05, 4.69) is 0 Å². The van der Waals surface area contributed by atoms with Gasteiger partial charge in [0.15, 0.2) is 0 Å². The Kier molecular flexibility index (Phi) is 3.69. The number of halogens is 1. The number of aryl methyl sites for hydroxylation is 1. The molecule has 2 unspecified atom stereocenters. The second-order valence-corrected chi connectivity index (χ2v) is 5.32. The van der Waals surface area contributed by atoms with Crippen LogP contribution in [0.1, 0.15) is 49.0 Å². The third kappa shape index (κ3) is 2.40. The van der Waals surface area contributed by atoms with Gasteiger partial charge < -0.3 is 4.90 Å². The molecule has 1 fully saturated rings. The number of rotatable bonds is 1. The number of likely N-dealkylation sites (tertiary alicyclic amines) is 1. The highest BCUT2D eigenvalue weighted by Crippen LogP contribution is 2.25. The molecule has 3 heteroatoms. The topological polar surface area (TPSA) is 20.3 Å². The van der Waals surface area contributed by atoms with Crippen LogP contribution in [0.4, 0.5) is 4.39 Å². The standard InChI is InChI=1S/C15H20FNO/c1-10-7-8-13(14(16)9-10)15(18)17-11(2)5-4-6-12(17)3/h7-9,11-12H,4-6H2,1-3H3. The molecule has 2 nitrogen and oxygen atoms in total. The predicted octanol–water partition coefficient (Wildman–Crippen LogP) is 3.54. The van der Waals surface area contributed by atoms with Crippen LogP contribution in [0.15, 0.2) is 18.2 Å². The molecule has 1 saturated heterocycles. The van der Waals surface area contributed by atoms with Crippen molar-refractivity contribution in [3.05, 3.63) is 35.1 Å². The average Bonchev–Trinajstić information content (AvgIpc) is 2.28. The molecule has 1 aromatic rings. The summed E-state index contributed by atoms with van der Waals surface area (Å²) in [6.07, 6.45) is 3.15. The first-order valence-corrected chi connectivity index (χ1v) is 6.59. The van der Waals surface area contributed by atoms with Gasteiger partial charge in [0.25, 0.3) is 5.91 Å². The minimum Gasteiger partial charge on any atom is -0.333 e. The smallest absolute Gasteiger partial charge is 0.257 e. The van der Waals surface area contributed by atoms with E-state index >= 15 is 0 Å². The largest absolute Gasteiger partial charge is 0.333 e. The van der Waals surface area contributed by atoms with E-state index in [9.17, 15) is 9.18 Å². The minimum absolute atomic E-state index is 0.174. The normalized spacial score (nSPS) is 24.1. The van der Waals surface area contributed by atoms with E-state index in [0.29, 0.717) is 0 Å². The fourth-order valence-corrected chi connectivity index (χ4v) is 2.75. The summed E-state index contributed by atoms with van der Waals surface area (Å²) in [5.41, 5.74) is 1.03. The van der Waals surface area contributed by atoms with Gasteiger partial charge >= 0.3 is 0 Å². The number of nitrogens with zero attached hydrogens (tertiary/aromatic N) is 1. The highest BCUT2D eigenvalue weighted by atomic mass is 19.1. The van der Waals surface area contributed by atoms with Crippen molar-refractivity contribution in [2.24, 2.45) is 0 Å². The number of hydrogen-bond acceptors (Lipinski definition) is 1. The summed E-state index contributed by atoms with van der Waals surface area (Å²) in [5.74, 6) is -0.586. The lowest BCUT2D eigenvalue weighted by atomic mass is 9.96. The monoisotopic (exact) mass is 249 g/mol. The van der Waals surface area contributed by atoms with Crippen LogP contribution in [-0.4, -0.2) is 22.9 Å². The van der Waals surface area contributed by atoms with Crippen molar-refractivity contribution in [1.82, 2.24) is 4.90 Å². The minimum atomic E-state index is -0.412. The number of benzene rings is 1. The lowest BCUT2D eigenvalue weighted by Gasteiger charge is -2.39. The zero-order valence-corrected chi connectivity index (χ0v) is 11.2. The molecule has 0 aliphatic carbocycles. The van der Waals surface area contributed by atoms with Crippen LogP contribution in [0.3, 0.4) is 0 Å². The maximum atomic E-state index is 13.9. The third-order valence-corrected chi connectivity index (χ3v) is 3.78. The molecular formula is C15H20FNO. The summed E-state index contributed by atoms with van der Waals surface area (Å²) in [7, 11) is 0. The lowest BCUT2D eigenvalue weighted by Crippen LogP contribution is -2.47. The van der Waals surface area contributed by atoms with Gasteiger partial charge in [-0.3, -0.25) is 4.79 Å². The van der Waals surface area contributed by atoms with Gasteiger partial charge in [-0.1, -0.05) is 6.07 Å². The van der Waals surface area contributed by atoms with Crippen molar-refractivity contribution in [2.75, 3.05) is 0 Å². The molecule has 0 bridgehead atoms. The molecule has 0 saturated carbocycles. The molecule has 2 rings (SSSR count). The number of hydrogen-bond donors (Lipinski definition) is 0. The van der Waals surface area contributed by atoms with Gasteiger partial charge in [-0.2, -0.15) is 0 Å². The molecule has 1 heterocycles. The van der Waals surface area contributed by atoms with E-state index in [1.165, 1.54) is 6.07 Å². The Morgan fingerprint density at radius 3 is 2.44 bits per heavy atom. The molecule has 1 aliphatic rings. The van der Waals surface area contributed by atoms with Crippen LogP contribution in [-0.2, 0) is 0 Å². The first-order valence-electron chi connectivity index (χ1n) is 6.59. The van der Waals surface area contributed by atoms with Gasteiger partial charge in [-0.25, -0.2) is 4.39 Å². The van der Waals surface area contributed by atoms with E-state index in [1.54, 1.807) is 12.1 Å². The van der Waals surface area contributed by atoms with E-state index in [-0.39, 0.29) is 23.6 Å². The molecule has 0 aromatic heterocycles. The Hall–Kier alpha value is -1.38. The van der Waals surface area contributed by atoms with Crippen LogP contribution in [0, 0.1) is 12.7 Å². The lowest BCUT2D eigenvalue weighted by molar-refractivity contribution is 0.0506. The van der Waals surface area contributed by atoms with Crippen LogP contribution >= 0.6 is 0 Å². The summed E-state index contributed by atoms with van der Waals surface area (Å²) < 4.78 is 13.9. The second kappa shape index (κ2) is 5.09. The van der Waals surface area contributed by atoms with Crippen molar-refractivity contribution in [2.45, 2.75) is 52.1 Å². The molecule has 1 aromatic carbocycles. The summed E-state index contributed by atoms with van der Waals surface area (Å²) in [4.78, 5) is 14.3. The number of carbonyl (C=O) groups is 1. The van der Waals surface area contributed by atoms with Crippen molar-refractivity contribution in [3.8, 4) is 0 Å². The fourth-order valence-electron chi connectivity index (χ4n) is 2.75. The Morgan fingerprint density at radius 1 is 1.28 bits per heavy atom. The SMILES string of the molecule is Cc1ccc(C(=O)N2C(C)CCCC2C)c(F)c1. The molecule has 0 radical (unpaired) electrons. The highest BCUT2D eigenvalue weighted by Gasteiger charge is 2.30. The van der Waals surface area contributed by atoms with Gasteiger partial charge in [0.05, 0.1) is 5.56 Å². The molecule has 0 spiro atoms. The first kappa shape index (κ1) is 13.1. The molecule has 1 amide bonds. The maximum Gasteiger partial charge on any atom is 0.257 e. The summed E-state index contributed by atoms with van der Waals surface area (Å²) in [5, 5.41) is 0. The third-order valence-electron chi connectivity index (χ3n) is 3.78. The molecule has 98 valence electrons. The summed E-state index contributed by atoms with van der Waals surface area (Å²) in [6.45, 7) is 5.91. The van der Waals surface area contributed by atoms with E-state index < -0.39 is 5.82 Å². The summed E-state index contributed by atoms with van der Waals surface area (Å²) >= 11 is 0.